The normalized spacial score (nSPS) is 10.3. The molecular formula is C20H23NO4. The topological polar surface area (TPSA) is 75.6 Å². The highest BCUT2D eigenvalue weighted by molar-refractivity contribution is 5.96. The Morgan fingerprint density at radius 1 is 1.12 bits per heavy atom. The molecule has 2 aromatic carbocycles. The summed E-state index contributed by atoms with van der Waals surface area (Å²) in [6.07, 6.45) is 3.29. The van der Waals surface area contributed by atoms with Gasteiger partial charge in [-0.15, -0.1) is 0 Å². The van der Waals surface area contributed by atoms with Gasteiger partial charge in [0.1, 0.15) is 11.3 Å². The third kappa shape index (κ3) is 5.35. The first-order valence-corrected chi connectivity index (χ1v) is 8.35. The van der Waals surface area contributed by atoms with Gasteiger partial charge in [0, 0.05) is 5.69 Å². The molecule has 0 aliphatic rings. The highest BCUT2D eigenvalue weighted by Gasteiger charge is 2.15. The Morgan fingerprint density at radius 2 is 1.84 bits per heavy atom. The van der Waals surface area contributed by atoms with E-state index in [1.54, 1.807) is 19.1 Å². The predicted molar refractivity (Wildman–Crippen MR) is 96.8 cm³/mol. The van der Waals surface area contributed by atoms with Crippen LogP contribution in [0.15, 0.2) is 42.5 Å². The molecule has 0 spiro atoms. The van der Waals surface area contributed by atoms with Gasteiger partial charge in [-0.2, -0.15) is 0 Å². The standard InChI is InChI=1S/C20H23NO4/c1-3-4-7-15-9-11-16(12-10-15)21-18(22)13-25-20(24)17-8-5-6-14(2)19(17)23/h5-6,8-12,23H,3-4,7,13H2,1-2H3,(H,21,22). The molecule has 2 N–H and O–H groups in total. The largest absolute Gasteiger partial charge is 0.507 e. The summed E-state index contributed by atoms with van der Waals surface area (Å²) in [5.74, 6) is -1.29. The van der Waals surface area contributed by atoms with Crippen LogP contribution in [-0.2, 0) is 16.0 Å². The lowest BCUT2D eigenvalue weighted by atomic mass is 10.1. The number of ether oxygens (including phenoxy) is 1. The smallest absolute Gasteiger partial charge is 0.342 e. The van der Waals surface area contributed by atoms with E-state index in [4.69, 9.17) is 4.74 Å². The lowest BCUT2D eigenvalue weighted by Gasteiger charge is -2.09. The van der Waals surface area contributed by atoms with Crippen LogP contribution >= 0.6 is 0 Å². The number of nitrogens with one attached hydrogen (secondary N) is 1. The van der Waals surface area contributed by atoms with Crippen LogP contribution in [0.2, 0.25) is 0 Å². The molecule has 0 unspecified atom stereocenters. The summed E-state index contributed by atoms with van der Waals surface area (Å²) in [4.78, 5) is 23.9. The molecule has 0 saturated carbocycles. The molecule has 0 radical (unpaired) electrons. The van der Waals surface area contributed by atoms with Crippen molar-refractivity contribution in [2.45, 2.75) is 33.1 Å². The van der Waals surface area contributed by atoms with E-state index in [-0.39, 0.29) is 11.3 Å². The quantitative estimate of drug-likeness (QED) is 0.750. The van der Waals surface area contributed by atoms with E-state index in [0.29, 0.717) is 11.3 Å². The zero-order valence-electron chi connectivity index (χ0n) is 14.5. The SMILES string of the molecule is CCCCc1ccc(NC(=O)COC(=O)c2cccc(C)c2O)cc1. The second-order valence-corrected chi connectivity index (χ2v) is 5.90. The first-order chi connectivity index (χ1) is 12.0. The van der Waals surface area contributed by atoms with E-state index in [0.717, 1.165) is 19.3 Å². The highest BCUT2D eigenvalue weighted by Crippen LogP contribution is 2.22. The maximum atomic E-state index is 12.0. The summed E-state index contributed by atoms with van der Waals surface area (Å²) >= 11 is 0. The van der Waals surface area contributed by atoms with Crippen LogP contribution in [-0.4, -0.2) is 23.6 Å². The zero-order valence-corrected chi connectivity index (χ0v) is 14.5. The third-order valence-corrected chi connectivity index (χ3v) is 3.85. The van der Waals surface area contributed by atoms with Crippen molar-refractivity contribution in [2.75, 3.05) is 11.9 Å². The first kappa shape index (κ1) is 18.5. The number of benzene rings is 2. The van der Waals surface area contributed by atoms with Crippen LogP contribution in [0.5, 0.6) is 5.75 Å². The van der Waals surface area contributed by atoms with Crippen LogP contribution in [0.25, 0.3) is 0 Å². The van der Waals surface area contributed by atoms with Crippen LogP contribution in [0.3, 0.4) is 0 Å². The number of hydrogen-bond acceptors (Lipinski definition) is 4. The molecule has 0 atom stereocenters. The highest BCUT2D eigenvalue weighted by atomic mass is 16.5. The number of esters is 1. The van der Waals surface area contributed by atoms with Crippen LogP contribution in [0.4, 0.5) is 5.69 Å². The van der Waals surface area contributed by atoms with Crippen molar-refractivity contribution in [1.82, 2.24) is 0 Å². The fourth-order valence-electron chi connectivity index (χ4n) is 2.37. The van der Waals surface area contributed by atoms with Gasteiger partial charge in [0.05, 0.1) is 0 Å². The van der Waals surface area contributed by atoms with E-state index >= 15 is 0 Å². The molecule has 0 aromatic heterocycles. The van der Waals surface area contributed by atoms with Gasteiger partial charge >= 0.3 is 5.97 Å². The number of phenolic OH excluding ortho intramolecular Hbond substituents is 1. The monoisotopic (exact) mass is 341 g/mol. The summed E-state index contributed by atoms with van der Waals surface area (Å²) in [5.41, 5.74) is 2.50. The number of phenols is 1. The predicted octanol–water partition coefficient (Wildman–Crippen LogP) is 3.84. The Labute approximate surface area is 147 Å². The van der Waals surface area contributed by atoms with E-state index in [1.807, 2.05) is 24.3 Å². The molecular weight excluding hydrogens is 318 g/mol. The minimum atomic E-state index is -0.730. The maximum absolute atomic E-state index is 12.0. The summed E-state index contributed by atoms with van der Waals surface area (Å²) in [5, 5.41) is 12.5. The minimum absolute atomic E-state index is 0.0491. The fourth-order valence-corrected chi connectivity index (χ4v) is 2.37. The Hall–Kier alpha value is -2.82. The minimum Gasteiger partial charge on any atom is -0.507 e. The lowest BCUT2D eigenvalue weighted by Crippen LogP contribution is -2.21. The Morgan fingerprint density at radius 3 is 2.52 bits per heavy atom. The molecule has 5 heteroatoms. The van der Waals surface area contributed by atoms with Crippen LogP contribution < -0.4 is 5.32 Å². The van der Waals surface area contributed by atoms with E-state index in [1.165, 1.54) is 11.6 Å². The number of amides is 1. The van der Waals surface area contributed by atoms with Crippen molar-refractivity contribution < 1.29 is 19.4 Å². The molecule has 0 aliphatic carbocycles. The summed E-state index contributed by atoms with van der Waals surface area (Å²) < 4.78 is 4.96. The maximum Gasteiger partial charge on any atom is 0.342 e. The fraction of sp³-hybridized carbons (Fsp3) is 0.300. The van der Waals surface area contributed by atoms with Crippen molar-refractivity contribution in [3.63, 3.8) is 0 Å². The molecule has 0 saturated heterocycles. The average Bonchev–Trinajstić information content (AvgIpc) is 2.61. The summed E-state index contributed by atoms with van der Waals surface area (Å²) in [6.45, 7) is 3.42. The van der Waals surface area contributed by atoms with Gasteiger partial charge < -0.3 is 15.2 Å². The van der Waals surface area contributed by atoms with Crippen molar-refractivity contribution in [2.24, 2.45) is 0 Å². The molecule has 132 valence electrons. The van der Waals surface area contributed by atoms with Gasteiger partial charge in [0.25, 0.3) is 5.91 Å². The van der Waals surface area contributed by atoms with E-state index < -0.39 is 18.5 Å². The number of aromatic hydroxyl groups is 1. The number of carbonyl (C=O) groups excluding carboxylic acids is 2. The average molecular weight is 341 g/mol. The molecule has 2 aromatic rings. The molecule has 0 aliphatic heterocycles. The van der Waals surface area contributed by atoms with Gasteiger partial charge in [-0.1, -0.05) is 37.6 Å². The number of hydrogen-bond donors (Lipinski definition) is 2. The molecule has 5 nitrogen and oxygen atoms in total. The third-order valence-electron chi connectivity index (χ3n) is 3.85. The second-order valence-electron chi connectivity index (χ2n) is 5.90. The number of rotatable bonds is 7. The number of anilines is 1. The second kappa shape index (κ2) is 8.87. The molecule has 0 heterocycles. The number of aryl methyl sites for hydroxylation is 2. The van der Waals surface area contributed by atoms with E-state index in [2.05, 4.69) is 12.2 Å². The number of unbranched alkanes of at least 4 members (excludes halogenated alkanes) is 1. The molecule has 25 heavy (non-hydrogen) atoms. The van der Waals surface area contributed by atoms with Gasteiger partial charge in [0.2, 0.25) is 0 Å². The molecule has 2 rings (SSSR count). The van der Waals surface area contributed by atoms with Crippen LogP contribution in [0.1, 0.15) is 41.3 Å². The van der Waals surface area contributed by atoms with Gasteiger partial charge in [-0.25, -0.2) is 4.79 Å². The van der Waals surface area contributed by atoms with Gasteiger partial charge in [-0.3, -0.25) is 4.79 Å². The van der Waals surface area contributed by atoms with Crippen molar-refractivity contribution >= 4 is 17.6 Å². The Kier molecular flexibility index (Phi) is 6.57. The summed E-state index contributed by atoms with van der Waals surface area (Å²) in [6, 6.07) is 12.4. The number of para-hydroxylation sites is 1. The summed E-state index contributed by atoms with van der Waals surface area (Å²) in [7, 11) is 0. The number of carbonyl (C=O) groups is 2. The van der Waals surface area contributed by atoms with Gasteiger partial charge in [-0.05, 0) is 49.1 Å². The Balaban J connectivity index is 1.86. The molecule has 1 amide bonds. The zero-order chi connectivity index (χ0) is 18.2. The Bertz CT molecular complexity index is 738. The van der Waals surface area contributed by atoms with E-state index in [9.17, 15) is 14.7 Å². The van der Waals surface area contributed by atoms with Crippen LogP contribution in [0, 0.1) is 6.92 Å². The molecule has 0 bridgehead atoms. The first-order valence-electron chi connectivity index (χ1n) is 8.35. The molecule has 0 fully saturated rings. The van der Waals surface area contributed by atoms with Crippen molar-refractivity contribution in [3.05, 3.63) is 59.2 Å². The van der Waals surface area contributed by atoms with Crippen molar-refractivity contribution in [1.29, 1.82) is 0 Å². The van der Waals surface area contributed by atoms with Gasteiger partial charge in [0.15, 0.2) is 6.61 Å². The van der Waals surface area contributed by atoms with Crippen molar-refractivity contribution in [3.8, 4) is 5.75 Å². The lowest BCUT2D eigenvalue weighted by molar-refractivity contribution is -0.119.